The fraction of sp³-hybridized carbons (Fsp3) is 0.452. The molecule has 0 bridgehead atoms. The minimum absolute atomic E-state index is 0.132. The lowest BCUT2D eigenvalue weighted by Gasteiger charge is -2.29. The summed E-state index contributed by atoms with van der Waals surface area (Å²) in [6.45, 7) is 8.30. The molecule has 1 fully saturated rings. The smallest absolute Gasteiger partial charge is 0.408 e. The lowest BCUT2D eigenvalue weighted by molar-refractivity contribution is -0.384. The largest absolute Gasteiger partial charge is 0.444 e. The molecule has 0 aliphatic carbocycles. The van der Waals surface area contributed by atoms with E-state index in [1.165, 1.54) is 43.0 Å². The van der Waals surface area contributed by atoms with Gasteiger partial charge in [-0.2, -0.15) is 0 Å². The lowest BCUT2D eigenvalue weighted by Crippen LogP contribution is -2.57. The maximum absolute atomic E-state index is 13.5. The zero-order valence-electron chi connectivity index (χ0n) is 26.0. The summed E-state index contributed by atoms with van der Waals surface area (Å²) in [7, 11) is 0. The molecule has 5 amide bonds. The normalized spacial score (nSPS) is 16.5. The molecule has 0 spiro atoms. The predicted octanol–water partition coefficient (Wildman–Crippen LogP) is 2.67. The molecular weight excluding hydrogens is 584 g/mol. The van der Waals surface area contributed by atoms with Crippen LogP contribution in [0.1, 0.15) is 53.0 Å². The summed E-state index contributed by atoms with van der Waals surface area (Å²) in [5.74, 6) is -2.16. The number of anilines is 1. The van der Waals surface area contributed by atoms with Crippen molar-refractivity contribution >= 4 is 41.1 Å². The Bertz CT molecular complexity index is 1390. The molecule has 0 aromatic heterocycles. The van der Waals surface area contributed by atoms with Crippen LogP contribution >= 0.6 is 0 Å². The molecule has 14 heteroatoms. The molecule has 4 N–H and O–H groups in total. The number of nitro groups is 1. The molecule has 1 aliphatic rings. The standard InChI is InChI=1S/C31H40N6O8/c1-19(33-30(42)45-31(3,4)5)26(38)32-20(2)29(41)36-17-9-12-25(36)28(40)35-24(18-21-10-7-6-8-11-21)27(39)34-22-13-15-23(16-14-22)37(43)44/h6-8,10-11,13-16,19-20,24-25H,9,12,17-18H2,1-5H3,(H,32,38)(H,33,42)(H,34,39)(H,35,40)/t19-,20-,24-,25-/m0/s1. The van der Waals surface area contributed by atoms with E-state index in [9.17, 15) is 34.1 Å². The number of benzene rings is 2. The van der Waals surface area contributed by atoms with Crippen molar-refractivity contribution in [3.05, 3.63) is 70.3 Å². The average molecular weight is 625 g/mol. The first kappa shape index (κ1) is 34.5. The molecule has 3 rings (SSSR count). The second-order valence-corrected chi connectivity index (χ2v) is 11.8. The molecular formula is C31H40N6O8. The highest BCUT2D eigenvalue weighted by atomic mass is 16.6. The second kappa shape index (κ2) is 15.1. The van der Waals surface area contributed by atoms with Crippen LogP contribution in [0.5, 0.6) is 0 Å². The first-order valence-corrected chi connectivity index (χ1v) is 14.6. The average Bonchev–Trinajstić information content (AvgIpc) is 3.46. The van der Waals surface area contributed by atoms with Gasteiger partial charge >= 0.3 is 6.09 Å². The van der Waals surface area contributed by atoms with Gasteiger partial charge in [-0.3, -0.25) is 29.3 Å². The van der Waals surface area contributed by atoms with E-state index >= 15 is 0 Å². The molecule has 2 aromatic carbocycles. The second-order valence-electron chi connectivity index (χ2n) is 11.8. The van der Waals surface area contributed by atoms with Crippen LogP contribution in [0.4, 0.5) is 16.2 Å². The van der Waals surface area contributed by atoms with Gasteiger partial charge in [-0.1, -0.05) is 30.3 Å². The first-order valence-electron chi connectivity index (χ1n) is 14.6. The van der Waals surface area contributed by atoms with Crippen LogP contribution in [-0.4, -0.2) is 75.9 Å². The fourth-order valence-corrected chi connectivity index (χ4v) is 4.72. The summed E-state index contributed by atoms with van der Waals surface area (Å²) in [4.78, 5) is 76.7. The Hall–Kier alpha value is -5.01. The Morgan fingerprint density at radius 2 is 1.58 bits per heavy atom. The number of likely N-dealkylation sites (tertiary alicyclic amines) is 1. The number of nitrogens with zero attached hydrogens (tertiary/aromatic N) is 2. The highest BCUT2D eigenvalue weighted by Gasteiger charge is 2.38. The summed E-state index contributed by atoms with van der Waals surface area (Å²) >= 11 is 0. The third kappa shape index (κ3) is 10.3. The number of nitrogens with one attached hydrogen (secondary N) is 4. The van der Waals surface area contributed by atoms with Crippen LogP contribution in [0, 0.1) is 10.1 Å². The molecule has 242 valence electrons. The van der Waals surface area contributed by atoms with Crippen LogP contribution in [-0.2, 0) is 30.3 Å². The van der Waals surface area contributed by atoms with Gasteiger partial charge in [-0.05, 0) is 65.2 Å². The molecule has 0 radical (unpaired) electrons. The summed E-state index contributed by atoms with van der Waals surface area (Å²) in [6, 6.07) is 10.5. The van der Waals surface area contributed by atoms with Gasteiger partial charge in [0.1, 0.15) is 29.8 Å². The zero-order valence-corrected chi connectivity index (χ0v) is 26.0. The SMILES string of the molecule is C[C@H](NC(=O)OC(C)(C)C)C(=O)N[C@@H](C)C(=O)N1CCC[C@H]1C(=O)N[C@@H](Cc1ccccc1)C(=O)Nc1ccc([N+](=O)[O-])cc1. The van der Waals surface area contributed by atoms with Crippen molar-refractivity contribution in [3.8, 4) is 0 Å². The molecule has 1 aliphatic heterocycles. The Morgan fingerprint density at radius 1 is 0.933 bits per heavy atom. The van der Waals surface area contributed by atoms with Crippen LogP contribution in [0.15, 0.2) is 54.6 Å². The van der Waals surface area contributed by atoms with Gasteiger partial charge in [0.25, 0.3) is 5.69 Å². The van der Waals surface area contributed by atoms with E-state index in [2.05, 4.69) is 21.3 Å². The number of hydrogen-bond acceptors (Lipinski definition) is 8. The van der Waals surface area contributed by atoms with E-state index < -0.39 is 64.4 Å². The minimum Gasteiger partial charge on any atom is -0.444 e. The Morgan fingerprint density at radius 3 is 2.18 bits per heavy atom. The molecule has 1 saturated heterocycles. The monoisotopic (exact) mass is 624 g/mol. The summed E-state index contributed by atoms with van der Waals surface area (Å²) in [5.41, 5.74) is 0.217. The Balaban J connectivity index is 1.67. The minimum atomic E-state index is -1.02. The van der Waals surface area contributed by atoms with Crippen LogP contribution in [0.3, 0.4) is 0 Å². The van der Waals surface area contributed by atoms with Crippen molar-refractivity contribution in [1.82, 2.24) is 20.9 Å². The molecule has 14 nitrogen and oxygen atoms in total. The number of rotatable bonds is 11. The van der Waals surface area contributed by atoms with E-state index in [1.807, 2.05) is 18.2 Å². The van der Waals surface area contributed by atoms with Crippen molar-refractivity contribution in [2.45, 2.75) is 83.6 Å². The van der Waals surface area contributed by atoms with Gasteiger partial charge in [0, 0.05) is 30.8 Å². The quantitative estimate of drug-likeness (QED) is 0.217. The van der Waals surface area contributed by atoms with Gasteiger partial charge in [-0.15, -0.1) is 0 Å². The number of carbonyl (C=O) groups excluding carboxylic acids is 5. The highest BCUT2D eigenvalue weighted by molar-refractivity contribution is 5.99. The van der Waals surface area contributed by atoms with Gasteiger partial charge in [-0.25, -0.2) is 4.79 Å². The van der Waals surface area contributed by atoms with E-state index in [-0.39, 0.29) is 18.7 Å². The van der Waals surface area contributed by atoms with Crippen molar-refractivity contribution in [3.63, 3.8) is 0 Å². The number of hydrogen-bond donors (Lipinski definition) is 4. The van der Waals surface area contributed by atoms with E-state index in [0.29, 0.717) is 18.5 Å². The van der Waals surface area contributed by atoms with Gasteiger partial charge in [0.15, 0.2) is 0 Å². The van der Waals surface area contributed by atoms with Crippen molar-refractivity contribution in [2.24, 2.45) is 0 Å². The molecule has 0 unspecified atom stereocenters. The molecule has 45 heavy (non-hydrogen) atoms. The lowest BCUT2D eigenvalue weighted by atomic mass is 10.0. The Labute approximate surface area is 261 Å². The van der Waals surface area contributed by atoms with Gasteiger partial charge < -0.3 is 30.9 Å². The van der Waals surface area contributed by atoms with E-state index in [0.717, 1.165) is 5.56 Å². The molecule has 1 heterocycles. The Kier molecular flexibility index (Phi) is 11.6. The van der Waals surface area contributed by atoms with Crippen LogP contribution in [0.2, 0.25) is 0 Å². The number of ether oxygens (including phenoxy) is 1. The zero-order chi connectivity index (χ0) is 33.3. The topological polar surface area (TPSA) is 189 Å². The molecule has 2 aromatic rings. The van der Waals surface area contributed by atoms with Gasteiger partial charge in [0.05, 0.1) is 4.92 Å². The summed E-state index contributed by atoms with van der Waals surface area (Å²) < 4.78 is 5.16. The first-order chi connectivity index (χ1) is 21.1. The van der Waals surface area contributed by atoms with Crippen LogP contribution in [0.25, 0.3) is 0 Å². The molecule has 0 saturated carbocycles. The van der Waals surface area contributed by atoms with Crippen molar-refractivity contribution in [2.75, 3.05) is 11.9 Å². The maximum atomic E-state index is 13.5. The fourth-order valence-electron chi connectivity index (χ4n) is 4.72. The number of amides is 5. The van der Waals surface area contributed by atoms with E-state index in [4.69, 9.17) is 4.74 Å². The predicted molar refractivity (Wildman–Crippen MR) is 165 cm³/mol. The highest BCUT2D eigenvalue weighted by Crippen LogP contribution is 2.20. The summed E-state index contributed by atoms with van der Waals surface area (Å²) in [5, 5.41) is 21.4. The van der Waals surface area contributed by atoms with Crippen molar-refractivity contribution in [1.29, 1.82) is 0 Å². The van der Waals surface area contributed by atoms with Gasteiger partial charge in [0.2, 0.25) is 23.6 Å². The number of non-ortho nitro benzene ring substituents is 1. The van der Waals surface area contributed by atoms with Crippen molar-refractivity contribution < 1.29 is 33.6 Å². The third-order valence-electron chi connectivity index (χ3n) is 6.96. The number of alkyl carbamates (subject to hydrolysis) is 1. The number of nitro benzene ring substituents is 1. The summed E-state index contributed by atoms with van der Waals surface area (Å²) in [6.07, 6.45) is 0.278. The maximum Gasteiger partial charge on any atom is 0.408 e. The number of carbonyl (C=O) groups is 5. The third-order valence-corrected chi connectivity index (χ3v) is 6.96. The van der Waals surface area contributed by atoms with Crippen LogP contribution < -0.4 is 21.3 Å². The van der Waals surface area contributed by atoms with E-state index in [1.54, 1.807) is 32.9 Å². The molecule has 4 atom stereocenters.